The Morgan fingerprint density at radius 2 is 1.90 bits per heavy atom. The third-order valence-corrected chi connectivity index (χ3v) is 3.32. The summed E-state index contributed by atoms with van der Waals surface area (Å²) in [7, 11) is 0. The topological polar surface area (TPSA) is 41.1 Å². The molecule has 0 radical (unpaired) electrons. The van der Waals surface area contributed by atoms with Gasteiger partial charge in [0.2, 0.25) is 5.91 Å². The zero-order valence-corrected chi connectivity index (χ0v) is 12.6. The Balaban J connectivity index is 1.95. The molecule has 5 heteroatoms. The third kappa shape index (κ3) is 4.20. The lowest BCUT2D eigenvalue weighted by Crippen LogP contribution is -2.22. The quantitative estimate of drug-likeness (QED) is 0.891. The molecular weight excluding hydrogens is 291 g/mol. The molecule has 0 saturated heterocycles. The van der Waals surface area contributed by atoms with Crippen LogP contribution in [0.2, 0.25) is 5.02 Å². The van der Waals surface area contributed by atoms with Gasteiger partial charge in [-0.3, -0.25) is 4.79 Å². The van der Waals surface area contributed by atoms with E-state index in [1.54, 1.807) is 31.2 Å². The van der Waals surface area contributed by atoms with Crippen molar-refractivity contribution in [1.29, 1.82) is 0 Å². The number of aryl methyl sites for hydroxylation is 2. The van der Waals surface area contributed by atoms with Gasteiger partial charge in [0.1, 0.15) is 5.82 Å². The molecule has 0 aliphatic rings. The number of amides is 1. The molecule has 3 nitrogen and oxygen atoms in total. The maximum absolute atomic E-state index is 13.1. The SMILES string of the molecule is Cc1cc(NCC(=O)Nc2cc(Cl)ccc2C)ccc1F. The zero-order valence-electron chi connectivity index (χ0n) is 11.8. The largest absolute Gasteiger partial charge is 0.376 e. The van der Waals surface area contributed by atoms with E-state index in [4.69, 9.17) is 11.6 Å². The van der Waals surface area contributed by atoms with Crippen LogP contribution in [0.15, 0.2) is 36.4 Å². The van der Waals surface area contributed by atoms with Gasteiger partial charge in [-0.2, -0.15) is 0 Å². The molecule has 0 saturated carbocycles. The van der Waals surface area contributed by atoms with E-state index in [0.717, 1.165) is 5.56 Å². The van der Waals surface area contributed by atoms with E-state index in [1.165, 1.54) is 6.07 Å². The first-order valence-electron chi connectivity index (χ1n) is 6.52. The molecule has 1 amide bonds. The van der Waals surface area contributed by atoms with E-state index >= 15 is 0 Å². The highest BCUT2D eigenvalue weighted by atomic mass is 35.5. The van der Waals surface area contributed by atoms with E-state index in [9.17, 15) is 9.18 Å². The molecule has 0 atom stereocenters. The molecule has 0 fully saturated rings. The van der Waals surface area contributed by atoms with Crippen LogP contribution in [-0.4, -0.2) is 12.5 Å². The molecule has 0 aliphatic carbocycles. The predicted molar refractivity (Wildman–Crippen MR) is 84.4 cm³/mol. The van der Waals surface area contributed by atoms with Gasteiger partial charge in [-0.15, -0.1) is 0 Å². The number of carbonyl (C=O) groups excluding carboxylic acids is 1. The van der Waals surface area contributed by atoms with Crippen LogP contribution in [0.5, 0.6) is 0 Å². The number of nitrogens with one attached hydrogen (secondary N) is 2. The first-order chi connectivity index (χ1) is 9.95. The Morgan fingerprint density at radius 3 is 2.62 bits per heavy atom. The number of benzene rings is 2. The summed E-state index contributed by atoms with van der Waals surface area (Å²) in [5.41, 5.74) is 2.85. The average molecular weight is 307 g/mol. The van der Waals surface area contributed by atoms with Crippen molar-refractivity contribution in [2.45, 2.75) is 13.8 Å². The van der Waals surface area contributed by atoms with Gasteiger partial charge in [-0.1, -0.05) is 17.7 Å². The maximum Gasteiger partial charge on any atom is 0.243 e. The van der Waals surface area contributed by atoms with E-state index in [2.05, 4.69) is 10.6 Å². The second-order valence-electron chi connectivity index (χ2n) is 4.82. The number of hydrogen-bond acceptors (Lipinski definition) is 2. The predicted octanol–water partition coefficient (Wildman–Crippen LogP) is 4.15. The van der Waals surface area contributed by atoms with Gasteiger partial charge in [0, 0.05) is 16.4 Å². The fraction of sp³-hybridized carbons (Fsp3) is 0.188. The normalized spacial score (nSPS) is 10.3. The highest BCUT2D eigenvalue weighted by Gasteiger charge is 2.06. The Morgan fingerprint density at radius 1 is 1.14 bits per heavy atom. The molecule has 0 unspecified atom stereocenters. The minimum absolute atomic E-state index is 0.0943. The molecule has 2 aromatic carbocycles. The molecule has 0 aromatic heterocycles. The Kier molecular flexibility index (Phi) is 4.81. The van der Waals surface area contributed by atoms with Gasteiger partial charge in [-0.05, 0) is 55.3 Å². The van der Waals surface area contributed by atoms with Crippen molar-refractivity contribution in [3.63, 3.8) is 0 Å². The molecular formula is C16H16ClFN2O. The van der Waals surface area contributed by atoms with Gasteiger partial charge in [0.25, 0.3) is 0 Å². The maximum atomic E-state index is 13.1. The second-order valence-corrected chi connectivity index (χ2v) is 5.26. The summed E-state index contributed by atoms with van der Waals surface area (Å²) in [5.74, 6) is -0.457. The Labute approximate surface area is 128 Å². The van der Waals surface area contributed by atoms with Crippen LogP contribution in [0.25, 0.3) is 0 Å². The molecule has 0 heterocycles. The van der Waals surface area contributed by atoms with E-state index < -0.39 is 0 Å². The summed E-state index contributed by atoms with van der Waals surface area (Å²) in [4.78, 5) is 11.9. The van der Waals surface area contributed by atoms with Gasteiger partial charge in [-0.25, -0.2) is 4.39 Å². The highest BCUT2D eigenvalue weighted by Crippen LogP contribution is 2.20. The molecule has 0 bridgehead atoms. The number of hydrogen-bond donors (Lipinski definition) is 2. The summed E-state index contributed by atoms with van der Waals surface area (Å²) >= 11 is 5.90. The summed E-state index contributed by atoms with van der Waals surface area (Å²) in [6, 6.07) is 9.95. The Hall–Kier alpha value is -2.07. The third-order valence-electron chi connectivity index (χ3n) is 3.08. The summed E-state index contributed by atoms with van der Waals surface area (Å²) in [6.07, 6.45) is 0. The lowest BCUT2D eigenvalue weighted by Gasteiger charge is -2.10. The fourth-order valence-electron chi connectivity index (χ4n) is 1.86. The molecule has 110 valence electrons. The molecule has 2 N–H and O–H groups in total. The van der Waals surface area contributed by atoms with Crippen LogP contribution in [0, 0.1) is 19.7 Å². The summed E-state index contributed by atoms with van der Waals surface area (Å²) in [5, 5.41) is 6.31. The van der Waals surface area contributed by atoms with Crippen LogP contribution < -0.4 is 10.6 Å². The zero-order chi connectivity index (χ0) is 15.4. The second kappa shape index (κ2) is 6.59. The lowest BCUT2D eigenvalue weighted by molar-refractivity contribution is -0.114. The highest BCUT2D eigenvalue weighted by molar-refractivity contribution is 6.31. The summed E-state index contributed by atoms with van der Waals surface area (Å²) < 4.78 is 13.1. The lowest BCUT2D eigenvalue weighted by atomic mass is 10.2. The molecule has 21 heavy (non-hydrogen) atoms. The number of carbonyl (C=O) groups is 1. The van der Waals surface area contributed by atoms with Crippen molar-refractivity contribution in [1.82, 2.24) is 0 Å². The fourth-order valence-corrected chi connectivity index (χ4v) is 2.03. The number of anilines is 2. The van der Waals surface area contributed by atoms with Crippen molar-refractivity contribution in [2.24, 2.45) is 0 Å². The molecule has 2 rings (SSSR count). The summed E-state index contributed by atoms with van der Waals surface area (Å²) in [6.45, 7) is 3.66. The van der Waals surface area contributed by atoms with Crippen LogP contribution in [-0.2, 0) is 4.79 Å². The van der Waals surface area contributed by atoms with E-state index in [-0.39, 0.29) is 18.3 Å². The van der Waals surface area contributed by atoms with Gasteiger partial charge in [0.15, 0.2) is 0 Å². The van der Waals surface area contributed by atoms with Crippen LogP contribution in [0.4, 0.5) is 15.8 Å². The average Bonchev–Trinajstić information content (AvgIpc) is 2.44. The Bertz CT molecular complexity index is 673. The van der Waals surface area contributed by atoms with Crippen molar-refractivity contribution in [3.05, 3.63) is 58.4 Å². The van der Waals surface area contributed by atoms with Crippen molar-refractivity contribution < 1.29 is 9.18 Å². The molecule has 2 aromatic rings. The van der Waals surface area contributed by atoms with E-state index in [1.807, 2.05) is 13.0 Å². The molecule has 0 spiro atoms. The monoisotopic (exact) mass is 306 g/mol. The van der Waals surface area contributed by atoms with Gasteiger partial charge >= 0.3 is 0 Å². The van der Waals surface area contributed by atoms with Crippen LogP contribution >= 0.6 is 11.6 Å². The van der Waals surface area contributed by atoms with Crippen molar-refractivity contribution in [3.8, 4) is 0 Å². The van der Waals surface area contributed by atoms with Crippen LogP contribution in [0.1, 0.15) is 11.1 Å². The first-order valence-corrected chi connectivity index (χ1v) is 6.89. The minimum Gasteiger partial charge on any atom is -0.376 e. The van der Waals surface area contributed by atoms with Gasteiger partial charge < -0.3 is 10.6 Å². The number of halogens is 2. The smallest absolute Gasteiger partial charge is 0.243 e. The minimum atomic E-state index is -0.264. The van der Waals surface area contributed by atoms with Crippen molar-refractivity contribution >= 4 is 28.9 Å². The standard InChI is InChI=1S/C16H16ClFN2O/c1-10-3-4-12(17)8-15(10)20-16(21)9-19-13-5-6-14(18)11(2)7-13/h3-8,19H,9H2,1-2H3,(H,20,21). The van der Waals surface area contributed by atoms with E-state index in [0.29, 0.717) is 22.0 Å². The van der Waals surface area contributed by atoms with Crippen molar-refractivity contribution in [2.75, 3.05) is 17.2 Å². The molecule has 0 aliphatic heterocycles. The van der Waals surface area contributed by atoms with Crippen LogP contribution in [0.3, 0.4) is 0 Å². The van der Waals surface area contributed by atoms with Gasteiger partial charge in [0.05, 0.1) is 6.54 Å². The number of rotatable bonds is 4. The first kappa shape index (κ1) is 15.3.